The van der Waals surface area contributed by atoms with E-state index < -0.39 is 14.9 Å². The van der Waals surface area contributed by atoms with Crippen molar-refractivity contribution in [2.45, 2.75) is 25.2 Å². The predicted octanol–water partition coefficient (Wildman–Crippen LogP) is 2.83. The SMILES string of the molecule is CCN(CC)S(=O)(=O)c1cccc(C(=O)N2CCc3cc([N+](=O)[O-])ccc32)c1. The number of rotatable bonds is 6. The van der Waals surface area contributed by atoms with Crippen molar-refractivity contribution in [1.82, 2.24) is 4.31 Å². The Labute approximate surface area is 163 Å². The summed E-state index contributed by atoms with van der Waals surface area (Å²) in [4.78, 5) is 25.1. The lowest BCUT2D eigenvalue weighted by atomic mass is 10.1. The summed E-state index contributed by atoms with van der Waals surface area (Å²) in [7, 11) is -3.67. The van der Waals surface area contributed by atoms with Crippen LogP contribution < -0.4 is 4.90 Å². The van der Waals surface area contributed by atoms with E-state index in [9.17, 15) is 23.3 Å². The Morgan fingerprint density at radius 3 is 2.54 bits per heavy atom. The predicted molar refractivity (Wildman–Crippen MR) is 105 cm³/mol. The minimum Gasteiger partial charge on any atom is -0.308 e. The molecule has 0 aliphatic carbocycles. The first-order valence-corrected chi connectivity index (χ1v) is 10.4. The molecule has 0 saturated heterocycles. The molecule has 28 heavy (non-hydrogen) atoms. The normalized spacial score (nSPS) is 13.6. The Balaban J connectivity index is 1.93. The van der Waals surface area contributed by atoms with E-state index in [2.05, 4.69) is 0 Å². The number of nitro benzene ring substituents is 1. The number of fused-ring (bicyclic) bond motifs is 1. The van der Waals surface area contributed by atoms with Gasteiger partial charge in [-0.15, -0.1) is 0 Å². The molecule has 9 heteroatoms. The minimum atomic E-state index is -3.67. The maximum Gasteiger partial charge on any atom is 0.269 e. The van der Waals surface area contributed by atoms with Crippen molar-refractivity contribution in [3.05, 3.63) is 63.7 Å². The van der Waals surface area contributed by atoms with Crippen molar-refractivity contribution in [3.63, 3.8) is 0 Å². The number of nitrogens with zero attached hydrogens (tertiary/aromatic N) is 3. The number of carbonyl (C=O) groups is 1. The van der Waals surface area contributed by atoms with E-state index in [1.54, 1.807) is 32.0 Å². The molecule has 1 amide bonds. The van der Waals surface area contributed by atoms with Gasteiger partial charge in [-0.2, -0.15) is 4.31 Å². The first-order valence-electron chi connectivity index (χ1n) is 8.99. The zero-order valence-electron chi connectivity index (χ0n) is 15.7. The maximum atomic E-state index is 13.0. The first-order chi connectivity index (χ1) is 13.3. The number of anilines is 1. The number of nitro groups is 1. The van der Waals surface area contributed by atoms with Crippen LogP contribution in [0.1, 0.15) is 29.8 Å². The monoisotopic (exact) mass is 403 g/mol. The number of benzene rings is 2. The number of amides is 1. The van der Waals surface area contributed by atoms with Gasteiger partial charge in [-0.05, 0) is 36.2 Å². The second-order valence-corrected chi connectivity index (χ2v) is 8.33. The van der Waals surface area contributed by atoms with Crippen molar-refractivity contribution >= 4 is 27.3 Å². The molecule has 0 bridgehead atoms. The largest absolute Gasteiger partial charge is 0.308 e. The number of carbonyl (C=O) groups excluding carboxylic acids is 1. The molecular weight excluding hydrogens is 382 g/mol. The van der Waals surface area contributed by atoms with E-state index in [1.807, 2.05) is 0 Å². The smallest absolute Gasteiger partial charge is 0.269 e. The van der Waals surface area contributed by atoms with Crippen molar-refractivity contribution in [3.8, 4) is 0 Å². The van der Waals surface area contributed by atoms with Crippen LogP contribution in [0.2, 0.25) is 0 Å². The van der Waals surface area contributed by atoms with E-state index in [0.717, 1.165) is 5.56 Å². The molecule has 0 unspecified atom stereocenters. The van der Waals surface area contributed by atoms with Gasteiger partial charge >= 0.3 is 0 Å². The van der Waals surface area contributed by atoms with Crippen LogP contribution in [0.3, 0.4) is 0 Å². The highest BCUT2D eigenvalue weighted by Crippen LogP contribution is 2.32. The van der Waals surface area contributed by atoms with E-state index in [4.69, 9.17) is 0 Å². The second-order valence-electron chi connectivity index (χ2n) is 6.39. The molecule has 1 aliphatic rings. The van der Waals surface area contributed by atoms with Crippen LogP contribution in [-0.4, -0.2) is 43.2 Å². The van der Waals surface area contributed by atoms with E-state index in [0.29, 0.717) is 31.7 Å². The molecule has 0 spiro atoms. The molecule has 2 aromatic rings. The van der Waals surface area contributed by atoms with Gasteiger partial charge in [0.15, 0.2) is 0 Å². The third-order valence-corrected chi connectivity index (χ3v) is 6.88. The number of hydrogen-bond acceptors (Lipinski definition) is 5. The number of sulfonamides is 1. The quantitative estimate of drug-likeness (QED) is 0.545. The fraction of sp³-hybridized carbons (Fsp3) is 0.316. The Hall–Kier alpha value is -2.78. The van der Waals surface area contributed by atoms with Gasteiger partial charge in [0.05, 0.1) is 9.82 Å². The summed E-state index contributed by atoms with van der Waals surface area (Å²) in [5.74, 6) is -0.329. The zero-order valence-corrected chi connectivity index (χ0v) is 16.5. The molecule has 1 heterocycles. The molecular formula is C19H21N3O5S. The molecule has 2 aromatic carbocycles. The highest BCUT2D eigenvalue weighted by molar-refractivity contribution is 7.89. The van der Waals surface area contributed by atoms with Gasteiger partial charge in [-0.3, -0.25) is 14.9 Å². The van der Waals surface area contributed by atoms with E-state index >= 15 is 0 Å². The standard InChI is InChI=1S/C19H21N3O5S/c1-3-20(4-2)28(26,27)17-7-5-6-15(13-17)19(23)21-11-10-14-12-16(22(24)25)8-9-18(14)21/h5-9,12-13H,3-4,10-11H2,1-2H3. The highest BCUT2D eigenvalue weighted by atomic mass is 32.2. The van der Waals surface area contributed by atoms with Gasteiger partial charge in [-0.25, -0.2) is 8.42 Å². The summed E-state index contributed by atoms with van der Waals surface area (Å²) in [6.07, 6.45) is 0.514. The third kappa shape index (κ3) is 3.50. The lowest BCUT2D eigenvalue weighted by Gasteiger charge is -2.20. The first kappa shape index (κ1) is 20.0. The Kier molecular flexibility index (Phi) is 5.48. The van der Waals surface area contributed by atoms with Crippen LogP contribution in [0.4, 0.5) is 11.4 Å². The molecule has 0 atom stereocenters. The van der Waals surface area contributed by atoms with Crippen LogP contribution in [0.25, 0.3) is 0 Å². The van der Waals surface area contributed by atoms with Gasteiger partial charge in [0.1, 0.15) is 0 Å². The highest BCUT2D eigenvalue weighted by Gasteiger charge is 2.28. The van der Waals surface area contributed by atoms with Crippen LogP contribution >= 0.6 is 0 Å². The van der Waals surface area contributed by atoms with Crippen LogP contribution in [-0.2, 0) is 16.4 Å². The minimum absolute atomic E-state index is 0.0136. The van der Waals surface area contributed by atoms with Gasteiger partial charge in [0.2, 0.25) is 10.0 Å². The molecule has 0 fully saturated rings. The van der Waals surface area contributed by atoms with Crippen LogP contribution in [0.5, 0.6) is 0 Å². The van der Waals surface area contributed by atoms with Crippen molar-refractivity contribution in [2.75, 3.05) is 24.5 Å². The molecule has 0 radical (unpaired) electrons. The summed E-state index contributed by atoms with van der Waals surface area (Å²) in [5, 5.41) is 10.9. The molecule has 3 rings (SSSR count). The zero-order chi connectivity index (χ0) is 20.5. The maximum absolute atomic E-state index is 13.0. The fourth-order valence-corrected chi connectivity index (χ4v) is 4.88. The number of hydrogen-bond donors (Lipinski definition) is 0. The molecule has 1 aliphatic heterocycles. The van der Waals surface area contributed by atoms with Gasteiger partial charge < -0.3 is 4.90 Å². The Morgan fingerprint density at radius 1 is 1.18 bits per heavy atom. The van der Waals surface area contributed by atoms with Crippen molar-refractivity contribution < 1.29 is 18.1 Å². The van der Waals surface area contributed by atoms with E-state index in [-0.39, 0.29) is 22.1 Å². The second kappa shape index (κ2) is 7.69. The number of non-ortho nitro benzene ring substituents is 1. The average molecular weight is 403 g/mol. The Morgan fingerprint density at radius 2 is 1.89 bits per heavy atom. The lowest BCUT2D eigenvalue weighted by molar-refractivity contribution is -0.384. The van der Waals surface area contributed by atoms with Crippen LogP contribution in [0, 0.1) is 10.1 Å². The van der Waals surface area contributed by atoms with Crippen molar-refractivity contribution in [2.24, 2.45) is 0 Å². The van der Waals surface area contributed by atoms with E-state index in [1.165, 1.54) is 33.5 Å². The molecule has 8 nitrogen and oxygen atoms in total. The summed E-state index contributed by atoms with van der Waals surface area (Å²) < 4.78 is 26.8. The summed E-state index contributed by atoms with van der Waals surface area (Å²) >= 11 is 0. The third-order valence-electron chi connectivity index (χ3n) is 4.84. The summed E-state index contributed by atoms with van der Waals surface area (Å²) in [6.45, 7) is 4.60. The summed E-state index contributed by atoms with van der Waals surface area (Å²) in [5.41, 5.74) is 1.60. The van der Waals surface area contributed by atoms with Gasteiger partial charge in [0.25, 0.3) is 11.6 Å². The fourth-order valence-electron chi connectivity index (χ4n) is 3.37. The Bertz CT molecular complexity index is 1030. The average Bonchev–Trinajstić information content (AvgIpc) is 3.11. The molecule has 0 aromatic heterocycles. The van der Waals surface area contributed by atoms with Gasteiger partial charge in [-0.1, -0.05) is 19.9 Å². The summed E-state index contributed by atoms with van der Waals surface area (Å²) in [6, 6.07) is 10.4. The lowest BCUT2D eigenvalue weighted by Crippen LogP contribution is -2.31. The topological polar surface area (TPSA) is 101 Å². The molecule has 0 saturated carbocycles. The van der Waals surface area contributed by atoms with Crippen molar-refractivity contribution in [1.29, 1.82) is 0 Å². The molecule has 148 valence electrons. The van der Waals surface area contributed by atoms with Gasteiger partial charge in [0, 0.05) is 43.0 Å². The molecule has 0 N–H and O–H groups in total. The van der Waals surface area contributed by atoms with Crippen LogP contribution in [0.15, 0.2) is 47.4 Å².